The van der Waals surface area contributed by atoms with Gasteiger partial charge < -0.3 is 10.1 Å². The predicted molar refractivity (Wildman–Crippen MR) is 126 cm³/mol. The number of anilines is 1. The highest BCUT2D eigenvalue weighted by atomic mass is 16.5. The number of benzene rings is 3. The second-order valence-electron chi connectivity index (χ2n) is 8.86. The lowest BCUT2D eigenvalue weighted by molar-refractivity contribution is -0.127. The van der Waals surface area contributed by atoms with E-state index in [1.54, 1.807) is 4.90 Å². The first-order chi connectivity index (χ1) is 15.5. The first-order valence-electron chi connectivity index (χ1n) is 11.4. The van der Waals surface area contributed by atoms with Crippen LogP contribution in [0.3, 0.4) is 0 Å². The Bertz CT molecular complexity index is 1200. The van der Waals surface area contributed by atoms with Gasteiger partial charge in [-0.25, -0.2) is 0 Å². The Morgan fingerprint density at radius 1 is 1.00 bits per heavy atom. The van der Waals surface area contributed by atoms with Gasteiger partial charge in [-0.1, -0.05) is 55.3 Å². The van der Waals surface area contributed by atoms with Gasteiger partial charge in [0.05, 0.1) is 0 Å². The summed E-state index contributed by atoms with van der Waals surface area (Å²) in [7, 11) is 0. The Hall–Kier alpha value is -3.34. The highest BCUT2D eigenvalue weighted by Crippen LogP contribution is 2.41. The van der Waals surface area contributed by atoms with Crippen LogP contribution in [0.1, 0.15) is 48.4 Å². The molecule has 0 radical (unpaired) electrons. The summed E-state index contributed by atoms with van der Waals surface area (Å²) in [6, 6.07) is 17.1. The molecule has 5 heteroatoms. The van der Waals surface area contributed by atoms with Gasteiger partial charge in [0.15, 0.2) is 6.61 Å². The number of aryl methyl sites for hydroxylation is 1. The average molecular weight is 429 g/mol. The van der Waals surface area contributed by atoms with Crippen LogP contribution in [0.2, 0.25) is 0 Å². The number of carbonyl (C=O) groups is 2. The van der Waals surface area contributed by atoms with E-state index in [9.17, 15) is 9.59 Å². The molecule has 1 N–H and O–H groups in total. The van der Waals surface area contributed by atoms with E-state index in [0.29, 0.717) is 5.75 Å². The number of rotatable bonds is 3. The minimum Gasteiger partial charge on any atom is -0.483 e. The van der Waals surface area contributed by atoms with Gasteiger partial charge in [-0.3, -0.25) is 14.5 Å². The van der Waals surface area contributed by atoms with Crippen molar-refractivity contribution in [3.8, 4) is 5.75 Å². The van der Waals surface area contributed by atoms with Crippen molar-refractivity contribution in [2.24, 2.45) is 0 Å². The molecule has 164 valence electrons. The quantitative estimate of drug-likeness (QED) is 0.640. The summed E-state index contributed by atoms with van der Waals surface area (Å²) in [4.78, 5) is 29.0. The van der Waals surface area contributed by atoms with Crippen LogP contribution in [0.15, 0.2) is 54.6 Å². The number of nitrogens with one attached hydrogen (secondary N) is 1. The summed E-state index contributed by atoms with van der Waals surface area (Å²) >= 11 is 0. The van der Waals surface area contributed by atoms with Crippen LogP contribution in [0, 0.1) is 13.8 Å². The van der Waals surface area contributed by atoms with Crippen molar-refractivity contribution >= 4 is 28.3 Å². The van der Waals surface area contributed by atoms with Crippen molar-refractivity contribution in [3.63, 3.8) is 0 Å². The van der Waals surface area contributed by atoms with E-state index in [2.05, 4.69) is 5.32 Å². The second kappa shape index (κ2) is 8.30. The third-order valence-corrected chi connectivity index (χ3v) is 6.87. The molecule has 0 bridgehead atoms. The van der Waals surface area contributed by atoms with Gasteiger partial charge in [-0.05, 0) is 60.7 Å². The van der Waals surface area contributed by atoms with Gasteiger partial charge in [0, 0.05) is 17.3 Å². The van der Waals surface area contributed by atoms with Crippen LogP contribution in [0.5, 0.6) is 5.75 Å². The average Bonchev–Trinajstić information content (AvgIpc) is 3.25. The number of hydrogen-bond acceptors (Lipinski definition) is 3. The van der Waals surface area contributed by atoms with E-state index < -0.39 is 6.04 Å². The smallest absolute Gasteiger partial charge is 0.265 e. The highest BCUT2D eigenvalue weighted by molar-refractivity contribution is 6.06. The van der Waals surface area contributed by atoms with Crippen LogP contribution in [0.4, 0.5) is 5.69 Å². The molecule has 0 aromatic heterocycles. The van der Waals surface area contributed by atoms with Crippen molar-refractivity contribution in [1.82, 2.24) is 5.32 Å². The van der Waals surface area contributed by atoms with E-state index in [-0.39, 0.29) is 24.5 Å². The molecule has 1 unspecified atom stereocenters. The zero-order chi connectivity index (χ0) is 22.2. The number of ether oxygens (including phenoxy) is 1. The minimum atomic E-state index is -0.799. The summed E-state index contributed by atoms with van der Waals surface area (Å²) in [5.74, 6) is 0.233. The maximum absolute atomic E-state index is 13.9. The summed E-state index contributed by atoms with van der Waals surface area (Å²) < 4.78 is 5.97. The van der Waals surface area contributed by atoms with Crippen LogP contribution < -0.4 is 15.0 Å². The zero-order valence-corrected chi connectivity index (χ0v) is 18.6. The lowest BCUT2D eigenvalue weighted by Gasteiger charge is -2.32. The fourth-order valence-corrected chi connectivity index (χ4v) is 5.03. The fourth-order valence-electron chi connectivity index (χ4n) is 5.03. The third-order valence-electron chi connectivity index (χ3n) is 6.87. The summed E-state index contributed by atoms with van der Waals surface area (Å²) in [5.41, 5.74) is 3.58. The summed E-state index contributed by atoms with van der Waals surface area (Å²) in [5, 5.41) is 5.20. The van der Waals surface area contributed by atoms with E-state index in [1.807, 2.05) is 68.4 Å². The van der Waals surface area contributed by atoms with Crippen molar-refractivity contribution < 1.29 is 14.3 Å². The molecule has 1 fully saturated rings. The van der Waals surface area contributed by atoms with Gasteiger partial charge in [0.2, 0.25) is 5.91 Å². The maximum Gasteiger partial charge on any atom is 0.265 e. The molecule has 0 saturated heterocycles. The molecule has 1 aliphatic carbocycles. The van der Waals surface area contributed by atoms with Crippen LogP contribution in [0.25, 0.3) is 10.8 Å². The summed E-state index contributed by atoms with van der Waals surface area (Å²) in [6.07, 6.45) is 4.21. The Labute approximate surface area is 188 Å². The van der Waals surface area contributed by atoms with E-state index >= 15 is 0 Å². The molecule has 1 atom stereocenters. The van der Waals surface area contributed by atoms with Gasteiger partial charge >= 0.3 is 0 Å². The molecule has 1 saturated carbocycles. The van der Waals surface area contributed by atoms with Crippen molar-refractivity contribution in [1.29, 1.82) is 0 Å². The van der Waals surface area contributed by atoms with Crippen LogP contribution in [-0.2, 0) is 9.59 Å². The molecule has 32 heavy (non-hydrogen) atoms. The third kappa shape index (κ3) is 3.52. The maximum atomic E-state index is 13.9. The summed E-state index contributed by atoms with van der Waals surface area (Å²) in [6.45, 7) is 3.92. The molecule has 5 rings (SSSR count). The molecular formula is C27H28N2O3. The number of carbonyl (C=O) groups excluding carboxylic acids is 2. The largest absolute Gasteiger partial charge is 0.483 e. The highest BCUT2D eigenvalue weighted by Gasteiger charge is 2.40. The molecule has 0 spiro atoms. The molecular weight excluding hydrogens is 400 g/mol. The Kier molecular flexibility index (Phi) is 5.33. The monoisotopic (exact) mass is 428 g/mol. The molecule has 5 nitrogen and oxygen atoms in total. The van der Waals surface area contributed by atoms with Crippen molar-refractivity contribution in [2.45, 2.75) is 51.6 Å². The number of hydrogen-bond donors (Lipinski definition) is 1. The lowest BCUT2D eigenvalue weighted by atomic mass is 9.94. The van der Waals surface area contributed by atoms with Gasteiger partial charge in [-0.2, -0.15) is 0 Å². The van der Waals surface area contributed by atoms with E-state index in [4.69, 9.17) is 4.74 Å². The molecule has 2 amide bonds. The Morgan fingerprint density at radius 3 is 2.59 bits per heavy atom. The van der Waals surface area contributed by atoms with Gasteiger partial charge in [0.25, 0.3) is 5.91 Å². The molecule has 2 aliphatic rings. The van der Waals surface area contributed by atoms with Crippen molar-refractivity contribution in [2.75, 3.05) is 11.5 Å². The first-order valence-corrected chi connectivity index (χ1v) is 11.4. The Balaban J connectivity index is 1.73. The Morgan fingerprint density at radius 2 is 1.78 bits per heavy atom. The topological polar surface area (TPSA) is 58.6 Å². The lowest BCUT2D eigenvalue weighted by Crippen LogP contribution is -2.46. The van der Waals surface area contributed by atoms with Gasteiger partial charge in [0.1, 0.15) is 11.8 Å². The molecule has 1 heterocycles. The zero-order valence-electron chi connectivity index (χ0n) is 18.6. The normalized spacial score (nSPS) is 18.9. The second-order valence-corrected chi connectivity index (χ2v) is 8.86. The number of fused-ring (bicyclic) bond motifs is 3. The SMILES string of the molecule is Cc1cccc(N2C(=O)COc3ccc4ccccc4c3C2C(=O)NC2CCCC2)c1C. The van der Waals surface area contributed by atoms with E-state index in [1.165, 1.54) is 0 Å². The number of amides is 2. The predicted octanol–water partition coefficient (Wildman–Crippen LogP) is 4.98. The molecule has 1 aliphatic heterocycles. The van der Waals surface area contributed by atoms with Crippen molar-refractivity contribution in [3.05, 3.63) is 71.3 Å². The first kappa shape index (κ1) is 20.6. The molecule has 3 aromatic rings. The standard InChI is InChI=1S/C27H28N2O3/c1-17-8-7-13-22(18(17)2)29-24(30)16-32-23-15-14-19-9-3-6-12-21(19)25(23)26(29)27(31)28-20-10-4-5-11-20/h3,6-9,12-15,20,26H,4-5,10-11,16H2,1-2H3,(H,28,31). The van der Waals surface area contributed by atoms with E-state index in [0.717, 1.165) is 58.8 Å². The van der Waals surface area contributed by atoms with Crippen LogP contribution >= 0.6 is 0 Å². The number of nitrogens with zero attached hydrogens (tertiary/aromatic N) is 1. The van der Waals surface area contributed by atoms with Crippen LogP contribution in [-0.4, -0.2) is 24.5 Å². The molecule has 3 aromatic carbocycles. The fraction of sp³-hybridized carbons (Fsp3) is 0.333. The van der Waals surface area contributed by atoms with Gasteiger partial charge in [-0.15, -0.1) is 0 Å². The minimum absolute atomic E-state index is 0.105.